The van der Waals surface area contributed by atoms with Gasteiger partial charge >= 0.3 is 0 Å². The number of nitrogens with two attached hydrogens (primary N) is 1. The van der Waals surface area contributed by atoms with E-state index in [1.165, 1.54) is 22.3 Å². The van der Waals surface area contributed by atoms with Crippen LogP contribution in [0.4, 0.5) is 0 Å². The van der Waals surface area contributed by atoms with Crippen molar-refractivity contribution in [3.63, 3.8) is 0 Å². The van der Waals surface area contributed by atoms with Gasteiger partial charge in [0.1, 0.15) is 5.75 Å². The third-order valence-electron chi connectivity index (χ3n) is 6.52. The van der Waals surface area contributed by atoms with Crippen LogP contribution >= 0.6 is 0 Å². The monoisotopic (exact) mass is 393 g/mol. The maximum atomic E-state index is 9.53. The molecular formula is C26H35NO2. The number of ether oxygens (including phenoxy) is 1. The van der Waals surface area contributed by atoms with Gasteiger partial charge in [-0.2, -0.15) is 0 Å². The van der Waals surface area contributed by atoms with E-state index in [0.29, 0.717) is 11.8 Å². The van der Waals surface area contributed by atoms with Crippen molar-refractivity contribution in [1.29, 1.82) is 0 Å². The molecular weight excluding hydrogens is 358 g/mol. The zero-order valence-electron chi connectivity index (χ0n) is 17.9. The molecule has 0 spiro atoms. The lowest BCUT2D eigenvalue weighted by Crippen LogP contribution is -2.40. The van der Waals surface area contributed by atoms with Crippen molar-refractivity contribution in [2.45, 2.75) is 51.0 Å². The molecule has 156 valence electrons. The van der Waals surface area contributed by atoms with Crippen LogP contribution in [-0.2, 0) is 0 Å². The second kappa shape index (κ2) is 9.60. The first-order valence-corrected chi connectivity index (χ1v) is 10.7. The van der Waals surface area contributed by atoms with E-state index in [1.807, 2.05) is 12.1 Å². The van der Waals surface area contributed by atoms with Crippen molar-refractivity contribution < 1.29 is 9.84 Å². The molecule has 29 heavy (non-hydrogen) atoms. The Bertz CT molecular complexity index is 820. The maximum absolute atomic E-state index is 9.53. The summed E-state index contributed by atoms with van der Waals surface area (Å²) in [5.74, 6) is 1.84. The number of hydrogen-bond acceptors (Lipinski definition) is 3. The van der Waals surface area contributed by atoms with Gasteiger partial charge in [-0.05, 0) is 86.1 Å². The molecule has 2 aliphatic carbocycles. The molecule has 0 heterocycles. The normalized spacial score (nSPS) is 30.3. The predicted molar refractivity (Wildman–Crippen MR) is 122 cm³/mol. The van der Waals surface area contributed by atoms with E-state index in [4.69, 9.17) is 10.5 Å². The third-order valence-corrected chi connectivity index (χ3v) is 6.52. The Morgan fingerprint density at radius 3 is 2.86 bits per heavy atom. The van der Waals surface area contributed by atoms with Crippen LogP contribution in [-0.4, -0.2) is 24.4 Å². The molecule has 0 amide bonds. The number of rotatable bonds is 6. The Hall–Kier alpha value is -2.10. The SMILES string of the molecule is C=C(/C=C1/CC[C@@H](/C=C/c2cccc(OC)c2)C/C1=C/C)[C@H]1CC[C@](N)(CO)C1. The summed E-state index contributed by atoms with van der Waals surface area (Å²) in [6.07, 6.45) is 15.1. The first-order chi connectivity index (χ1) is 14.0. The van der Waals surface area contributed by atoms with Crippen LogP contribution in [0.5, 0.6) is 5.75 Å². The van der Waals surface area contributed by atoms with E-state index >= 15 is 0 Å². The predicted octanol–water partition coefficient (Wildman–Crippen LogP) is 5.43. The van der Waals surface area contributed by atoms with Gasteiger partial charge in [-0.25, -0.2) is 0 Å². The van der Waals surface area contributed by atoms with Gasteiger partial charge in [0.25, 0.3) is 0 Å². The molecule has 0 bridgehead atoms. The van der Waals surface area contributed by atoms with Gasteiger partial charge in [-0.1, -0.05) is 48.6 Å². The Labute approximate surface area is 175 Å². The van der Waals surface area contributed by atoms with E-state index in [2.05, 4.69) is 49.9 Å². The fourth-order valence-corrected chi connectivity index (χ4v) is 4.60. The van der Waals surface area contributed by atoms with Crippen molar-refractivity contribution in [3.8, 4) is 5.75 Å². The van der Waals surface area contributed by atoms with Crippen LogP contribution in [0, 0.1) is 11.8 Å². The van der Waals surface area contributed by atoms with Crippen molar-refractivity contribution >= 4 is 6.08 Å². The van der Waals surface area contributed by atoms with Crippen LogP contribution in [0.2, 0.25) is 0 Å². The van der Waals surface area contributed by atoms with Crippen molar-refractivity contribution in [2.75, 3.05) is 13.7 Å². The van der Waals surface area contributed by atoms with E-state index in [1.54, 1.807) is 7.11 Å². The summed E-state index contributed by atoms with van der Waals surface area (Å²) < 4.78 is 5.31. The van der Waals surface area contributed by atoms with Crippen LogP contribution in [0.1, 0.15) is 51.0 Å². The molecule has 0 saturated heterocycles. The summed E-state index contributed by atoms with van der Waals surface area (Å²) in [5, 5.41) is 9.53. The summed E-state index contributed by atoms with van der Waals surface area (Å²) in [4.78, 5) is 0. The Morgan fingerprint density at radius 2 is 2.17 bits per heavy atom. The van der Waals surface area contributed by atoms with E-state index in [-0.39, 0.29) is 6.61 Å². The number of hydrogen-bond donors (Lipinski definition) is 2. The first kappa shape index (κ1) is 21.6. The number of aliphatic hydroxyl groups excluding tert-OH is 1. The standard InChI is InChI=1S/C26H35NO2/c1-4-22-15-21(9-8-20-6-5-7-25(16-20)29-3)10-11-23(22)14-19(2)24-12-13-26(27,17-24)18-28/h4-9,14,16,21,24,28H,2,10-13,15,17-18,27H2,1,3H3/b9-8+,22-4-,23-14-/t21-,24+,26-/m1/s1. The molecule has 3 rings (SSSR count). The molecule has 0 radical (unpaired) electrons. The summed E-state index contributed by atoms with van der Waals surface area (Å²) >= 11 is 0. The summed E-state index contributed by atoms with van der Waals surface area (Å²) in [6.45, 7) is 6.54. The largest absolute Gasteiger partial charge is 0.497 e. The molecule has 3 atom stereocenters. The van der Waals surface area contributed by atoms with E-state index < -0.39 is 5.54 Å². The highest BCUT2D eigenvalue weighted by molar-refractivity contribution is 5.52. The minimum absolute atomic E-state index is 0.0643. The highest BCUT2D eigenvalue weighted by Crippen LogP contribution is 2.40. The highest BCUT2D eigenvalue weighted by Gasteiger charge is 2.36. The molecule has 3 N–H and O–H groups in total. The van der Waals surface area contributed by atoms with Crippen LogP contribution in [0.3, 0.4) is 0 Å². The summed E-state index contributed by atoms with van der Waals surface area (Å²) in [7, 11) is 1.70. The van der Waals surface area contributed by atoms with Gasteiger partial charge in [0.05, 0.1) is 13.7 Å². The molecule has 3 heteroatoms. The van der Waals surface area contributed by atoms with Crippen LogP contribution in [0.15, 0.2) is 65.8 Å². The molecule has 0 aromatic heterocycles. The minimum atomic E-state index is -0.419. The van der Waals surface area contributed by atoms with E-state index in [0.717, 1.165) is 44.3 Å². The van der Waals surface area contributed by atoms with Gasteiger partial charge in [-0.15, -0.1) is 0 Å². The number of aliphatic hydroxyl groups is 1. The molecule has 0 aliphatic heterocycles. The van der Waals surface area contributed by atoms with Crippen molar-refractivity contribution in [2.24, 2.45) is 17.6 Å². The highest BCUT2D eigenvalue weighted by atomic mass is 16.5. The van der Waals surface area contributed by atoms with Crippen molar-refractivity contribution in [3.05, 3.63) is 71.4 Å². The molecule has 1 aromatic rings. The molecule has 0 unspecified atom stereocenters. The molecule has 3 nitrogen and oxygen atoms in total. The Kier molecular flexibility index (Phi) is 7.15. The number of methoxy groups -OCH3 is 1. The fourth-order valence-electron chi connectivity index (χ4n) is 4.60. The molecule has 2 aliphatic rings. The third kappa shape index (κ3) is 5.49. The quantitative estimate of drug-likeness (QED) is 0.678. The number of allylic oxidation sites excluding steroid dienone is 6. The molecule has 2 saturated carbocycles. The zero-order chi connectivity index (χ0) is 20.9. The van der Waals surface area contributed by atoms with E-state index in [9.17, 15) is 5.11 Å². The number of benzene rings is 1. The minimum Gasteiger partial charge on any atom is -0.497 e. The van der Waals surface area contributed by atoms with Gasteiger partial charge in [-0.3, -0.25) is 0 Å². The fraction of sp³-hybridized carbons (Fsp3) is 0.462. The molecule has 2 fully saturated rings. The average molecular weight is 394 g/mol. The maximum Gasteiger partial charge on any atom is 0.119 e. The van der Waals surface area contributed by atoms with Crippen LogP contribution in [0.25, 0.3) is 6.08 Å². The van der Waals surface area contributed by atoms with Gasteiger partial charge in [0, 0.05) is 5.54 Å². The van der Waals surface area contributed by atoms with Gasteiger partial charge < -0.3 is 15.6 Å². The summed E-state index contributed by atoms with van der Waals surface area (Å²) in [6, 6.07) is 8.17. The van der Waals surface area contributed by atoms with Crippen LogP contribution < -0.4 is 10.5 Å². The smallest absolute Gasteiger partial charge is 0.119 e. The Morgan fingerprint density at radius 1 is 1.34 bits per heavy atom. The van der Waals surface area contributed by atoms with Gasteiger partial charge in [0.2, 0.25) is 0 Å². The average Bonchev–Trinajstić information content (AvgIpc) is 3.16. The second-order valence-electron chi connectivity index (χ2n) is 8.66. The topological polar surface area (TPSA) is 55.5 Å². The lowest BCUT2D eigenvalue weighted by Gasteiger charge is -2.26. The first-order valence-electron chi connectivity index (χ1n) is 10.7. The second-order valence-corrected chi connectivity index (χ2v) is 8.66. The van der Waals surface area contributed by atoms with Gasteiger partial charge in [0.15, 0.2) is 0 Å². The Balaban J connectivity index is 1.63. The zero-order valence-corrected chi connectivity index (χ0v) is 17.9. The molecule has 1 aromatic carbocycles. The lowest BCUT2D eigenvalue weighted by atomic mass is 9.80. The lowest BCUT2D eigenvalue weighted by molar-refractivity contribution is 0.197. The van der Waals surface area contributed by atoms with Crippen molar-refractivity contribution in [1.82, 2.24) is 0 Å². The summed E-state index contributed by atoms with van der Waals surface area (Å²) in [5.41, 5.74) is 11.0.